The summed E-state index contributed by atoms with van der Waals surface area (Å²) in [6.07, 6.45) is 19.7. The zero-order valence-electron chi connectivity index (χ0n) is 24.3. The zero-order valence-corrected chi connectivity index (χ0v) is 24.3. The van der Waals surface area contributed by atoms with Crippen LogP contribution in [0, 0.1) is 11.8 Å². The second-order valence-electron chi connectivity index (χ2n) is 10.8. The average Bonchev–Trinajstić information content (AvgIpc) is 2.83. The van der Waals surface area contributed by atoms with Crippen LogP contribution in [0.4, 0.5) is 0 Å². The normalized spacial score (nSPS) is 10.6. The molecule has 0 aromatic heterocycles. The highest BCUT2D eigenvalue weighted by Gasteiger charge is 1.95. The van der Waals surface area contributed by atoms with E-state index < -0.39 is 7.12 Å². The van der Waals surface area contributed by atoms with Crippen LogP contribution in [0.15, 0.2) is 24.3 Å². The number of aryl methyl sites for hydroxylation is 1. The van der Waals surface area contributed by atoms with Gasteiger partial charge in [-0.05, 0) is 55.9 Å². The standard InChI is InChI=1S/C14H21BO2.2C8H19N/c1-2-3-4-5-6-7-8-13-9-11-14(12-10-13)15(16)17;2*1-8(2)6-4-3-5-7-9/h9-12H,2-8H2,1H3;2*8H,3-7,9H2,1-2H3/q-2;;/p+2. The molecule has 0 atom stereocenters. The van der Waals surface area contributed by atoms with Gasteiger partial charge in [-0.15, -0.1) is 5.46 Å². The van der Waals surface area contributed by atoms with E-state index in [2.05, 4.69) is 46.1 Å². The molecule has 1 aromatic rings. The van der Waals surface area contributed by atoms with Crippen LogP contribution in [-0.2, 0) is 6.42 Å². The smallest absolute Gasteiger partial charge is 0.0739 e. The molecule has 5 heteroatoms. The SMILES string of the molecule is CC(C)CCCCC[NH3+].CC(C)CCCCC[NH3+].CCCCCCCCc1ccc(B([O-])[O-])cc1. The van der Waals surface area contributed by atoms with Gasteiger partial charge in [0.25, 0.3) is 0 Å². The molecule has 1 rings (SSSR count). The van der Waals surface area contributed by atoms with Crippen LogP contribution in [0.5, 0.6) is 0 Å². The maximum absolute atomic E-state index is 10.6. The van der Waals surface area contributed by atoms with Gasteiger partial charge in [-0.1, -0.05) is 124 Å². The predicted octanol–water partition coefficient (Wildman–Crippen LogP) is 3.89. The highest BCUT2D eigenvalue weighted by molar-refractivity contribution is 6.55. The van der Waals surface area contributed by atoms with Crippen molar-refractivity contribution in [3.05, 3.63) is 29.8 Å². The van der Waals surface area contributed by atoms with Crippen molar-refractivity contribution in [1.29, 1.82) is 0 Å². The van der Waals surface area contributed by atoms with E-state index in [0.29, 0.717) is 5.46 Å². The van der Waals surface area contributed by atoms with Gasteiger partial charge in [0.15, 0.2) is 0 Å². The largest absolute Gasteiger partial charge is 0.889 e. The summed E-state index contributed by atoms with van der Waals surface area (Å²) < 4.78 is 0. The molecule has 0 spiro atoms. The summed E-state index contributed by atoms with van der Waals surface area (Å²) >= 11 is 0. The highest BCUT2D eigenvalue weighted by Crippen LogP contribution is 2.09. The van der Waals surface area contributed by atoms with Crippen molar-refractivity contribution in [2.24, 2.45) is 11.8 Å². The van der Waals surface area contributed by atoms with E-state index in [4.69, 9.17) is 0 Å². The quantitative estimate of drug-likeness (QED) is 0.240. The van der Waals surface area contributed by atoms with Gasteiger partial charge in [-0.25, -0.2) is 0 Å². The Bertz CT molecular complexity index is 506. The van der Waals surface area contributed by atoms with Gasteiger partial charge >= 0.3 is 0 Å². The number of quaternary nitrogens is 2. The number of benzene rings is 1. The fourth-order valence-electron chi connectivity index (χ4n) is 3.76. The van der Waals surface area contributed by atoms with Crippen molar-refractivity contribution < 1.29 is 21.5 Å². The van der Waals surface area contributed by atoms with Crippen LogP contribution in [0.2, 0.25) is 0 Å². The first-order chi connectivity index (χ1) is 16.8. The minimum Gasteiger partial charge on any atom is -0.889 e. The number of hydrogen-bond acceptors (Lipinski definition) is 2. The molecule has 0 saturated carbocycles. The predicted molar refractivity (Wildman–Crippen MR) is 151 cm³/mol. The maximum Gasteiger partial charge on any atom is 0.0739 e. The Morgan fingerprint density at radius 3 is 1.46 bits per heavy atom. The van der Waals surface area contributed by atoms with Crippen LogP contribution >= 0.6 is 0 Å². The lowest BCUT2D eigenvalue weighted by molar-refractivity contribution is -0.368. The lowest BCUT2D eigenvalue weighted by atomic mass is 9.80. The maximum atomic E-state index is 10.6. The monoisotopic (exact) mass is 492 g/mol. The first-order valence-electron chi connectivity index (χ1n) is 14.8. The molecule has 35 heavy (non-hydrogen) atoms. The van der Waals surface area contributed by atoms with E-state index in [-0.39, 0.29) is 0 Å². The lowest BCUT2D eigenvalue weighted by Crippen LogP contribution is -2.55. The van der Waals surface area contributed by atoms with Gasteiger partial charge in [0.1, 0.15) is 0 Å². The van der Waals surface area contributed by atoms with Gasteiger partial charge in [-0.2, -0.15) is 0 Å². The number of hydrogen-bond donors (Lipinski definition) is 2. The van der Waals surface area contributed by atoms with Gasteiger partial charge < -0.3 is 21.5 Å². The van der Waals surface area contributed by atoms with E-state index in [1.165, 1.54) is 95.5 Å². The molecule has 0 aliphatic carbocycles. The highest BCUT2D eigenvalue weighted by atomic mass is 16.4. The topological polar surface area (TPSA) is 101 Å². The van der Waals surface area contributed by atoms with Crippen LogP contribution in [0.3, 0.4) is 0 Å². The molecule has 0 saturated heterocycles. The van der Waals surface area contributed by atoms with Crippen molar-refractivity contribution in [1.82, 2.24) is 0 Å². The van der Waals surface area contributed by atoms with Crippen molar-refractivity contribution in [2.45, 2.75) is 131 Å². The zero-order chi connectivity index (χ0) is 26.7. The van der Waals surface area contributed by atoms with Crippen LogP contribution in [-0.4, -0.2) is 20.2 Å². The van der Waals surface area contributed by atoms with E-state index in [1.54, 1.807) is 12.1 Å². The first kappa shape index (κ1) is 36.3. The van der Waals surface area contributed by atoms with Crippen LogP contribution < -0.4 is 27.0 Å². The Kier molecular flexibility index (Phi) is 28.7. The molecule has 0 fully saturated rings. The molecule has 0 radical (unpaired) electrons. The molecule has 0 amide bonds. The summed E-state index contributed by atoms with van der Waals surface area (Å²) in [7, 11) is -1.85. The molecule has 0 heterocycles. The van der Waals surface area contributed by atoms with Crippen molar-refractivity contribution in [3.8, 4) is 0 Å². The van der Waals surface area contributed by atoms with Crippen molar-refractivity contribution >= 4 is 12.6 Å². The van der Waals surface area contributed by atoms with Crippen LogP contribution in [0.25, 0.3) is 0 Å². The van der Waals surface area contributed by atoms with Gasteiger partial charge in [-0.3, -0.25) is 0 Å². The van der Waals surface area contributed by atoms with E-state index >= 15 is 0 Å². The third kappa shape index (κ3) is 29.2. The Labute approximate surface area is 219 Å². The summed E-state index contributed by atoms with van der Waals surface area (Å²) in [5.41, 5.74) is 9.18. The van der Waals surface area contributed by atoms with Crippen LogP contribution in [0.1, 0.15) is 130 Å². The Balaban J connectivity index is 0. The Morgan fingerprint density at radius 1 is 0.629 bits per heavy atom. The van der Waals surface area contributed by atoms with Crippen molar-refractivity contribution in [2.75, 3.05) is 13.1 Å². The van der Waals surface area contributed by atoms with E-state index in [9.17, 15) is 10.0 Å². The molecule has 1 aromatic carbocycles. The minimum absolute atomic E-state index is 0.344. The van der Waals surface area contributed by atoms with Gasteiger partial charge in [0, 0.05) is 0 Å². The summed E-state index contributed by atoms with van der Waals surface area (Å²) in [6, 6.07) is 7.14. The molecule has 0 aliphatic heterocycles. The lowest BCUT2D eigenvalue weighted by Gasteiger charge is -2.26. The fraction of sp³-hybridized carbons (Fsp3) is 0.800. The Morgan fingerprint density at radius 2 is 1.06 bits per heavy atom. The van der Waals surface area contributed by atoms with Crippen molar-refractivity contribution in [3.63, 3.8) is 0 Å². The minimum atomic E-state index is -1.85. The summed E-state index contributed by atoms with van der Waals surface area (Å²) in [6.45, 7) is 13.6. The summed E-state index contributed by atoms with van der Waals surface area (Å²) in [5.74, 6) is 1.77. The molecule has 0 aliphatic rings. The van der Waals surface area contributed by atoms with E-state index in [1.807, 2.05) is 12.1 Å². The number of rotatable bonds is 18. The molecule has 0 bridgehead atoms. The third-order valence-electron chi connectivity index (χ3n) is 6.13. The molecular weight excluding hydrogens is 431 g/mol. The molecule has 6 N–H and O–H groups in total. The second kappa shape index (κ2) is 27.7. The average molecular weight is 493 g/mol. The third-order valence-corrected chi connectivity index (χ3v) is 6.13. The molecule has 4 nitrogen and oxygen atoms in total. The summed E-state index contributed by atoms with van der Waals surface area (Å²) in [4.78, 5) is 0. The Hall–Kier alpha value is -0.875. The summed E-state index contributed by atoms with van der Waals surface area (Å²) in [5, 5.41) is 21.3. The van der Waals surface area contributed by atoms with E-state index in [0.717, 1.165) is 31.3 Å². The second-order valence-corrected chi connectivity index (χ2v) is 10.8. The first-order valence-corrected chi connectivity index (χ1v) is 14.8. The van der Waals surface area contributed by atoms with Gasteiger partial charge in [0.05, 0.1) is 13.1 Å². The fourth-order valence-corrected chi connectivity index (χ4v) is 3.76. The van der Waals surface area contributed by atoms with Gasteiger partial charge in [0.2, 0.25) is 0 Å². The molecule has 206 valence electrons. The molecular formula is C30H61BN2O2. The molecule has 0 unspecified atom stereocenters. The number of unbranched alkanes of at least 4 members (excludes halogenated alkanes) is 9.